The molecule has 0 bridgehead atoms. The average Bonchev–Trinajstić information content (AvgIpc) is 2.51. The third-order valence-electron chi connectivity index (χ3n) is 3.92. The number of hydrogen-bond acceptors (Lipinski definition) is 5. The largest absolute Gasteiger partial charge is 0.491 e. The molecule has 0 spiro atoms. The van der Waals surface area contributed by atoms with Gasteiger partial charge in [0.05, 0.1) is 6.61 Å². The summed E-state index contributed by atoms with van der Waals surface area (Å²) in [6, 6.07) is 5.82. The first-order chi connectivity index (χ1) is 11.9. The number of carbonyl (C=O) groups is 2. The molecule has 0 saturated carbocycles. The maximum Gasteiger partial charge on any atom is 0.410 e. The summed E-state index contributed by atoms with van der Waals surface area (Å²) in [5.74, 6) is -0.612. The normalized spacial score (nSPS) is 13.0. The SMILES string of the molecule is CN(C(=O)OC(C)(C)C)[C@H](C(=O)O)C(C)(C)c1cccc(OCCO)c1. The quantitative estimate of drug-likeness (QED) is 0.769. The lowest BCUT2D eigenvalue weighted by atomic mass is 9.77. The van der Waals surface area contributed by atoms with Crippen LogP contribution in [0.4, 0.5) is 4.79 Å². The molecule has 1 rings (SSSR count). The number of carboxylic acids is 1. The predicted molar refractivity (Wildman–Crippen MR) is 97.5 cm³/mol. The van der Waals surface area contributed by atoms with Gasteiger partial charge in [0.15, 0.2) is 0 Å². The van der Waals surface area contributed by atoms with E-state index in [9.17, 15) is 14.7 Å². The summed E-state index contributed by atoms with van der Waals surface area (Å²) in [6.07, 6.45) is -0.703. The number of amides is 1. The van der Waals surface area contributed by atoms with Gasteiger partial charge in [0, 0.05) is 12.5 Å². The van der Waals surface area contributed by atoms with Crippen LogP contribution in [0.2, 0.25) is 0 Å². The second-order valence-corrected chi connectivity index (χ2v) is 7.65. The van der Waals surface area contributed by atoms with Crippen LogP contribution in [0.3, 0.4) is 0 Å². The molecule has 0 heterocycles. The number of ether oxygens (including phenoxy) is 2. The molecule has 0 saturated heterocycles. The Morgan fingerprint density at radius 1 is 1.19 bits per heavy atom. The van der Waals surface area contributed by atoms with Gasteiger partial charge in [-0.2, -0.15) is 0 Å². The Morgan fingerprint density at radius 3 is 2.31 bits per heavy atom. The average molecular weight is 367 g/mol. The number of aliphatic carboxylic acids is 1. The van der Waals surface area contributed by atoms with Crippen LogP contribution in [0.15, 0.2) is 24.3 Å². The van der Waals surface area contributed by atoms with E-state index in [-0.39, 0.29) is 13.2 Å². The number of aliphatic hydroxyl groups excluding tert-OH is 1. The van der Waals surface area contributed by atoms with Gasteiger partial charge in [-0.25, -0.2) is 9.59 Å². The van der Waals surface area contributed by atoms with E-state index in [0.717, 1.165) is 4.90 Å². The molecule has 1 atom stereocenters. The maximum absolute atomic E-state index is 12.4. The molecule has 1 aromatic carbocycles. The van der Waals surface area contributed by atoms with Crippen LogP contribution in [0.1, 0.15) is 40.2 Å². The Kier molecular flexibility index (Phi) is 7.03. The molecule has 1 aromatic rings. The molecule has 7 heteroatoms. The number of rotatable bonds is 7. The van der Waals surface area contributed by atoms with Crippen LogP contribution in [0.5, 0.6) is 5.75 Å². The minimum absolute atomic E-state index is 0.118. The standard InChI is InChI=1S/C19H29NO6/c1-18(2,3)26-17(24)20(6)15(16(22)23)19(4,5)13-8-7-9-14(12-13)25-11-10-21/h7-9,12,15,21H,10-11H2,1-6H3,(H,22,23)/t15-/m1/s1. The summed E-state index contributed by atoms with van der Waals surface area (Å²) in [5.41, 5.74) is -0.956. The van der Waals surface area contributed by atoms with Crippen molar-refractivity contribution in [1.29, 1.82) is 0 Å². The van der Waals surface area contributed by atoms with Gasteiger partial charge in [0.1, 0.15) is 24.0 Å². The summed E-state index contributed by atoms with van der Waals surface area (Å²) >= 11 is 0. The summed E-state index contributed by atoms with van der Waals surface area (Å²) in [5, 5.41) is 18.7. The minimum Gasteiger partial charge on any atom is -0.491 e. The Morgan fingerprint density at radius 2 is 1.81 bits per heavy atom. The van der Waals surface area contributed by atoms with Crippen molar-refractivity contribution in [1.82, 2.24) is 4.90 Å². The third kappa shape index (κ3) is 5.62. The highest BCUT2D eigenvalue weighted by Crippen LogP contribution is 2.33. The first-order valence-electron chi connectivity index (χ1n) is 8.43. The molecular formula is C19H29NO6. The fourth-order valence-corrected chi connectivity index (χ4v) is 2.71. The van der Waals surface area contributed by atoms with E-state index in [2.05, 4.69) is 0 Å². The highest BCUT2D eigenvalue weighted by atomic mass is 16.6. The predicted octanol–water partition coefficient (Wildman–Crippen LogP) is 2.66. The number of likely N-dealkylation sites (N-methyl/N-ethyl adjacent to an activating group) is 1. The van der Waals surface area contributed by atoms with Crippen LogP contribution >= 0.6 is 0 Å². The lowest BCUT2D eigenvalue weighted by molar-refractivity contribution is -0.145. The van der Waals surface area contributed by atoms with E-state index in [4.69, 9.17) is 14.6 Å². The molecule has 0 unspecified atom stereocenters. The van der Waals surface area contributed by atoms with Gasteiger partial charge in [0.2, 0.25) is 0 Å². The van der Waals surface area contributed by atoms with Crippen LogP contribution in [-0.2, 0) is 14.9 Å². The molecule has 0 aliphatic rings. The Labute approximate surface area is 154 Å². The zero-order chi connectivity index (χ0) is 20.1. The molecule has 0 aliphatic heterocycles. The molecule has 146 valence electrons. The first kappa shape index (κ1) is 21.8. The Balaban J connectivity index is 3.18. The van der Waals surface area contributed by atoms with Gasteiger partial charge in [-0.1, -0.05) is 26.0 Å². The van der Waals surface area contributed by atoms with Crippen molar-refractivity contribution in [2.45, 2.75) is 51.7 Å². The van der Waals surface area contributed by atoms with E-state index in [1.165, 1.54) is 7.05 Å². The fourth-order valence-electron chi connectivity index (χ4n) is 2.71. The lowest BCUT2D eigenvalue weighted by Gasteiger charge is -2.38. The van der Waals surface area contributed by atoms with Crippen molar-refractivity contribution >= 4 is 12.1 Å². The number of benzene rings is 1. The first-order valence-corrected chi connectivity index (χ1v) is 8.43. The molecule has 1 amide bonds. The highest BCUT2D eigenvalue weighted by molar-refractivity contribution is 5.82. The van der Waals surface area contributed by atoms with Crippen LogP contribution in [0, 0.1) is 0 Å². The molecule has 26 heavy (non-hydrogen) atoms. The monoisotopic (exact) mass is 367 g/mol. The lowest BCUT2D eigenvalue weighted by Crippen LogP contribution is -2.54. The maximum atomic E-state index is 12.4. The summed E-state index contributed by atoms with van der Waals surface area (Å²) in [4.78, 5) is 25.5. The number of hydrogen-bond donors (Lipinski definition) is 2. The fraction of sp³-hybridized carbons (Fsp3) is 0.579. The number of carbonyl (C=O) groups excluding carboxylic acids is 1. The van der Waals surface area contributed by atoms with Crippen molar-refractivity contribution in [2.75, 3.05) is 20.3 Å². The van der Waals surface area contributed by atoms with Crippen molar-refractivity contribution in [3.05, 3.63) is 29.8 Å². The van der Waals surface area contributed by atoms with Gasteiger partial charge in [-0.3, -0.25) is 4.90 Å². The highest BCUT2D eigenvalue weighted by Gasteiger charge is 2.43. The van der Waals surface area contributed by atoms with Gasteiger partial charge < -0.3 is 19.7 Å². The van der Waals surface area contributed by atoms with Gasteiger partial charge in [0.25, 0.3) is 0 Å². The summed E-state index contributed by atoms with van der Waals surface area (Å²) in [6.45, 7) is 8.69. The van der Waals surface area contributed by atoms with Crippen molar-refractivity contribution in [3.63, 3.8) is 0 Å². The van der Waals surface area contributed by atoms with E-state index < -0.39 is 29.1 Å². The number of aliphatic hydroxyl groups is 1. The molecule has 0 aromatic heterocycles. The summed E-state index contributed by atoms with van der Waals surface area (Å²) in [7, 11) is 1.42. The van der Waals surface area contributed by atoms with Crippen molar-refractivity contribution in [3.8, 4) is 5.75 Å². The third-order valence-corrected chi connectivity index (χ3v) is 3.92. The molecule has 2 N–H and O–H groups in total. The van der Waals surface area contributed by atoms with Crippen LogP contribution in [0.25, 0.3) is 0 Å². The second kappa shape index (κ2) is 8.40. The van der Waals surface area contributed by atoms with E-state index >= 15 is 0 Å². The summed E-state index contributed by atoms with van der Waals surface area (Å²) < 4.78 is 10.7. The van der Waals surface area contributed by atoms with E-state index in [1.807, 2.05) is 0 Å². The molecule has 0 aliphatic carbocycles. The molecule has 0 fully saturated rings. The van der Waals surface area contributed by atoms with Gasteiger partial charge in [-0.05, 0) is 38.5 Å². The van der Waals surface area contributed by atoms with Crippen molar-refractivity contribution < 1.29 is 29.3 Å². The molecule has 0 radical (unpaired) electrons. The van der Waals surface area contributed by atoms with Gasteiger partial charge in [-0.15, -0.1) is 0 Å². The second-order valence-electron chi connectivity index (χ2n) is 7.65. The number of nitrogens with zero attached hydrogens (tertiary/aromatic N) is 1. The van der Waals surface area contributed by atoms with Crippen molar-refractivity contribution in [2.24, 2.45) is 0 Å². The zero-order valence-corrected chi connectivity index (χ0v) is 16.3. The smallest absolute Gasteiger partial charge is 0.410 e. The zero-order valence-electron chi connectivity index (χ0n) is 16.3. The Hall–Kier alpha value is -2.28. The van der Waals surface area contributed by atoms with Crippen LogP contribution in [-0.4, -0.2) is 59.1 Å². The van der Waals surface area contributed by atoms with E-state index in [1.54, 1.807) is 58.9 Å². The number of carboxylic acid groups (broad SMARTS) is 1. The topological polar surface area (TPSA) is 96.3 Å². The van der Waals surface area contributed by atoms with Gasteiger partial charge >= 0.3 is 12.1 Å². The van der Waals surface area contributed by atoms with Crippen LogP contribution < -0.4 is 4.74 Å². The Bertz CT molecular complexity index is 635. The molecular weight excluding hydrogens is 338 g/mol. The molecule has 7 nitrogen and oxygen atoms in total. The minimum atomic E-state index is -1.15. The van der Waals surface area contributed by atoms with E-state index in [0.29, 0.717) is 11.3 Å².